The van der Waals surface area contributed by atoms with E-state index in [1.807, 2.05) is 0 Å². The van der Waals surface area contributed by atoms with Gasteiger partial charge in [-0.2, -0.15) is 0 Å². The molecule has 118 valence electrons. The highest BCUT2D eigenvalue weighted by atomic mass is 16.6. The molecule has 0 saturated heterocycles. The van der Waals surface area contributed by atoms with Crippen LogP contribution in [0, 0.1) is 5.41 Å². The van der Waals surface area contributed by atoms with E-state index in [4.69, 9.17) is 9.47 Å². The van der Waals surface area contributed by atoms with Gasteiger partial charge in [0.05, 0.1) is 0 Å². The summed E-state index contributed by atoms with van der Waals surface area (Å²) in [5, 5.41) is 0. The molecule has 3 rings (SSSR count). The third-order valence-corrected chi connectivity index (χ3v) is 5.10. The molecular formula is C18H22O4. The van der Waals surface area contributed by atoms with Gasteiger partial charge in [-0.05, 0) is 44.3 Å². The molecular weight excluding hydrogens is 280 g/mol. The molecule has 2 unspecified atom stereocenters. The number of aldehydes is 1. The van der Waals surface area contributed by atoms with Crippen molar-refractivity contribution in [1.82, 2.24) is 0 Å². The van der Waals surface area contributed by atoms with Gasteiger partial charge in [0.25, 0.3) is 0 Å². The molecule has 1 spiro atoms. The predicted molar refractivity (Wildman–Crippen MR) is 80.9 cm³/mol. The average Bonchev–Trinajstić information content (AvgIpc) is 3.12. The largest absolute Gasteiger partial charge is 0.482 e. The van der Waals surface area contributed by atoms with E-state index in [-0.39, 0.29) is 6.10 Å². The summed E-state index contributed by atoms with van der Waals surface area (Å²) in [6, 6.07) is 0. The number of ether oxygens (including phenoxy) is 2. The van der Waals surface area contributed by atoms with E-state index in [0.29, 0.717) is 16.7 Å². The Kier molecular flexibility index (Phi) is 4.21. The maximum Gasteiger partial charge on any atom is 0.303 e. The van der Waals surface area contributed by atoms with Crippen LogP contribution in [-0.4, -0.2) is 24.5 Å². The zero-order chi connectivity index (χ0) is 15.6. The summed E-state index contributed by atoms with van der Waals surface area (Å²) < 4.78 is 11.5. The summed E-state index contributed by atoms with van der Waals surface area (Å²) in [5.74, 6) is 0.136. The number of carbonyl (C=O) groups is 2. The van der Waals surface area contributed by atoms with Crippen LogP contribution in [-0.2, 0) is 19.1 Å². The molecule has 0 N–H and O–H groups in total. The van der Waals surface area contributed by atoms with Crippen LogP contribution in [0.25, 0.3) is 0 Å². The quantitative estimate of drug-likeness (QED) is 0.454. The van der Waals surface area contributed by atoms with E-state index < -0.39 is 12.1 Å². The molecule has 0 amide bonds. The maximum atomic E-state index is 11.3. The predicted octanol–water partition coefficient (Wildman–Crippen LogP) is 3.23. The third-order valence-electron chi connectivity index (χ3n) is 5.10. The van der Waals surface area contributed by atoms with Crippen molar-refractivity contribution in [3.05, 3.63) is 29.2 Å². The van der Waals surface area contributed by atoms with Crippen molar-refractivity contribution in [2.45, 2.75) is 64.1 Å². The number of hydrogen-bond donors (Lipinski definition) is 0. The zero-order valence-electron chi connectivity index (χ0n) is 13.0. The van der Waals surface area contributed by atoms with Gasteiger partial charge in [-0.25, -0.2) is 0 Å². The number of esters is 1. The molecule has 0 aromatic rings. The summed E-state index contributed by atoms with van der Waals surface area (Å²) in [6.45, 7) is 1.36. The molecule has 22 heavy (non-hydrogen) atoms. The van der Waals surface area contributed by atoms with Gasteiger partial charge in [-0.3, -0.25) is 9.59 Å². The number of hydrogen-bond acceptors (Lipinski definition) is 4. The van der Waals surface area contributed by atoms with E-state index in [1.54, 1.807) is 12.2 Å². The van der Waals surface area contributed by atoms with E-state index >= 15 is 0 Å². The molecule has 3 aliphatic rings. The van der Waals surface area contributed by atoms with Gasteiger partial charge in [0.15, 0.2) is 18.1 Å². The van der Waals surface area contributed by atoms with Crippen molar-refractivity contribution < 1.29 is 19.1 Å². The molecule has 0 heterocycles. The van der Waals surface area contributed by atoms with Gasteiger partial charge in [0.1, 0.15) is 6.10 Å². The molecule has 0 aromatic heterocycles. The molecule has 0 aliphatic heterocycles. The lowest BCUT2D eigenvalue weighted by Gasteiger charge is -2.33. The van der Waals surface area contributed by atoms with Crippen LogP contribution >= 0.6 is 0 Å². The average molecular weight is 302 g/mol. The summed E-state index contributed by atoms with van der Waals surface area (Å²) in [5.41, 5.74) is 3.76. The molecule has 4 heteroatoms. The van der Waals surface area contributed by atoms with Crippen LogP contribution in [0.2, 0.25) is 0 Å². The van der Waals surface area contributed by atoms with Crippen molar-refractivity contribution in [3.63, 3.8) is 0 Å². The topological polar surface area (TPSA) is 52.6 Å². The Morgan fingerprint density at radius 1 is 1.32 bits per heavy atom. The molecule has 2 saturated carbocycles. The molecule has 2 fully saturated rings. The van der Waals surface area contributed by atoms with Crippen LogP contribution in [0.5, 0.6) is 0 Å². The lowest BCUT2D eigenvalue weighted by molar-refractivity contribution is -0.145. The van der Waals surface area contributed by atoms with Crippen molar-refractivity contribution in [1.29, 1.82) is 0 Å². The molecule has 0 bridgehead atoms. The first-order valence-electron chi connectivity index (χ1n) is 8.10. The van der Waals surface area contributed by atoms with E-state index in [1.165, 1.54) is 45.4 Å². The first kappa shape index (κ1) is 15.1. The van der Waals surface area contributed by atoms with Crippen LogP contribution in [0.15, 0.2) is 29.2 Å². The number of allylic oxidation sites excluding steroid dienone is 1. The Bertz CT molecular complexity index is 554. The summed E-state index contributed by atoms with van der Waals surface area (Å²) in [4.78, 5) is 22.2. The minimum absolute atomic E-state index is 0.176. The second-order valence-electron chi connectivity index (χ2n) is 6.54. The van der Waals surface area contributed by atoms with Gasteiger partial charge >= 0.3 is 5.97 Å². The van der Waals surface area contributed by atoms with E-state index in [2.05, 4.69) is 5.73 Å². The summed E-state index contributed by atoms with van der Waals surface area (Å²) in [6.07, 6.45) is 11.9. The second-order valence-corrected chi connectivity index (χ2v) is 6.54. The van der Waals surface area contributed by atoms with Gasteiger partial charge in [0.2, 0.25) is 0 Å². The maximum absolute atomic E-state index is 11.3. The van der Waals surface area contributed by atoms with Crippen molar-refractivity contribution in [2.75, 3.05) is 0 Å². The Labute approximate surface area is 130 Å². The third kappa shape index (κ3) is 2.89. The van der Waals surface area contributed by atoms with Crippen LogP contribution in [0.1, 0.15) is 51.9 Å². The molecule has 0 aromatic carbocycles. The Balaban J connectivity index is 1.79. The molecule has 4 nitrogen and oxygen atoms in total. The minimum Gasteiger partial charge on any atom is -0.482 e. The highest BCUT2D eigenvalue weighted by molar-refractivity contribution is 5.78. The van der Waals surface area contributed by atoms with Gasteiger partial charge in [0, 0.05) is 17.9 Å². The lowest BCUT2D eigenvalue weighted by Crippen LogP contribution is -2.32. The number of rotatable bonds is 4. The van der Waals surface area contributed by atoms with Gasteiger partial charge in [-0.15, -0.1) is 0 Å². The smallest absolute Gasteiger partial charge is 0.303 e. The summed E-state index contributed by atoms with van der Waals surface area (Å²) >= 11 is 0. The van der Waals surface area contributed by atoms with Crippen LogP contribution in [0.3, 0.4) is 0 Å². The fourth-order valence-electron chi connectivity index (χ4n) is 4.07. The van der Waals surface area contributed by atoms with Crippen LogP contribution in [0.4, 0.5) is 0 Å². The summed E-state index contributed by atoms with van der Waals surface area (Å²) in [7, 11) is 0. The normalized spacial score (nSPS) is 29.1. The lowest BCUT2D eigenvalue weighted by atomic mass is 9.82. The Morgan fingerprint density at radius 3 is 2.73 bits per heavy atom. The van der Waals surface area contributed by atoms with Crippen molar-refractivity contribution >= 4 is 12.3 Å². The van der Waals surface area contributed by atoms with Crippen molar-refractivity contribution in [3.8, 4) is 0 Å². The van der Waals surface area contributed by atoms with E-state index in [9.17, 15) is 9.59 Å². The van der Waals surface area contributed by atoms with Gasteiger partial charge < -0.3 is 9.47 Å². The first-order chi connectivity index (χ1) is 10.6. The fraction of sp³-hybridized carbons (Fsp3) is 0.611. The van der Waals surface area contributed by atoms with E-state index in [0.717, 1.165) is 12.7 Å². The molecule has 0 radical (unpaired) electrons. The SMILES string of the molecule is CC(=O)OC1C=C(C=O)C=C=C1OC1CCCC12CCCC2. The van der Waals surface area contributed by atoms with Gasteiger partial charge in [-0.1, -0.05) is 18.6 Å². The second kappa shape index (κ2) is 6.13. The van der Waals surface area contributed by atoms with Crippen LogP contribution < -0.4 is 0 Å². The Hall–Kier alpha value is -1.80. The highest BCUT2D eigenvalue weighted by Crippen LogP contribution is 2.52. The minimum atomic E-state index is -0.637. The zero-order valence-corrected chi connectivity index (χ0v) is 13.0. The first-order valence-corrected chi connectivity index (χ1v) is 8.10. The standard InChI is InChI=1S/C18H22O4/c1-13(20)21-16-11-14(12-19)6-7-15(16)22-17-5-4-10-18(17)8-2-3-9-18/h6,11-12,16-17H,2-5,8-10H2,1H3. The number of carbonyl (C=O) groups excluding carboxylic acids is 2. The monoisotopic (exact) mass is 302 g/mol. The Morgan fingerprint density at radius 2 is 2.05 bits per heavy atom. The molecule has 2 atom stereocenters. The highest BCUT2D eigenvalue weighted by Gasteiger charge is 2.46. The van der Waals surface area contributed by atoms with Crippen molar-refractivity contribution in [2.24, 2.45) is 5.41 Å². The fourth-order valence-corrected chi connectivity index (χ4v) is 4.07. The molecule has 3 aliphatic carbocycles.